The van der Waals surface area contributed by atoms with E-state index in [-0.39, 0.29) is 0 Å². The molecule has 0 saturated heterocycles. The molecule has 0 saturated carbocycles. The Balaban J connectivity index is 2.40. The van der Waals surface area contributed by atoms with Crippen molar-refractivity contribution < 1.29 is 8.42 Å². The Hall–Kier alpha value is -1.26. The molecule has 0 aliphatic rings. The van der Waals surface area contributed by atoms with Gasteiger partial charge in [0.25, 0.3) is 0 Å². The van der Waals surface area contributed by atoms with Gasteiger partial charge in [0.2, 0.25) is 8.87 Å². The topological polar surface area (TPSA) is 34.1 Å². The fourth-order valence-electron chi connectivity index (χ4n) is 1.65. The van der Waals surface area contributed by atoms with E-state index in [4.69, 9.17) is 0 Å². The Morgan fingerprint density at radius 3 is 2.00 bits per heavy atom. The molecular weight excluding hydrogens is 264 g/mol. The Morgan fingerprint density at radius 2 is 1.39 bits per heavy atom. The van der Waals surface area contributed by atoms with Gasteiger partial charge < -0.3 is 0 Å². The summed E-state index contributed by atoms with van der Waals surface area (Å²) in [7, 11) is -2.44. The third-order valence-corrected chi connectivity index (χ3v) is 6.25. The molecule has 0 aliphatic carbocycles. The molecule has 0 unspecified atom stereocenters. The van der Waals surface area contributed by atoms with Crippen LogP contribution in [0.15, 0.2) is 58.3 Å². The minimum absolute atomic E-state index is 0.387. The molecule has 0 fully saturated rings. The lowest BCUT2D eigenvalue weighted by atomic mass is 10.2. The lowest BCUT2D eigenvalue weighted by Gasteiger charge is -2.08. The zero-order valence-electron chi connectivity index (χ0n) is 10.3. The second kappa shape index (κ2) is 5.16. The third kappa shape index (κ3) is 2.76. The van der Waals surface area contributed by atoms with Crippen LogP contribution in [-0.4, -0.2) is 8.42 Å². The van der Waals surface area contributed by atoms with Crippen LogP contribution in [0.4, 0.5) is 0 Å². The summed E-state index contributed by atoms with van der Waals surface area (Å²) in [5, 5.41) is 0. The fourth-order valence-corrected chi connectivity index (χ4v) is 5.12. The van der Waals surface area contributed by atoms with E-state index in [1.165, 1.54) is 0 Å². The Morgan fingerprint density at radius 1 is 0.833 bits per heavy atom. The van der Waals surface area contributed by atoms with E-state index >= 15 is 0 Å². The molecule has 2 aromatic carbocycles. The van der Waals surface area contributed by atoms with E-state index in [0.29, 0.717) is 4.90 Å². The normalized spacial score (nSPS) is 11.4. The first-order valence-electron chi connectivity index (χ1n) is 5.56. The first-order chi connectivity index (χ1) is 8.50. The molecule has 0 bridgehead atoms. The van der Waals surface area contributed by atoms with Crippen LogP contribution in [0.5, 0.6) is 0 Å². The Bertz CT molecular complexity index is 661. The minimum Gasteiger partial charge on any atom is -0.212 e. The largest absolute Gasteiger partial charge is 0.234 e. The van der Waals surface area contributed by atoms with Crippen LogP contribution in [-0.2, 0) is 8.87 Å². The first-order valence-corrected chi connectivity index (χ1v) is 8.38. The molecule has 2 rings (SSSR count). The number of hydrogen-bond acceptors (Lipinski definition) is 3. The molecule has 4 heteroatoms. The monoisotopic (exact) mass is 278 g/mol. The summed E-state index contributed by atoms with van der Waals surface area (Å²) in [6.07, 6.45) is 0. The van der Waals surface area contributed by atoms with Gasteiger partial charge in [0.15, 0.2) is 0 Å². The van der Waals surface area contributed by atoms with Crippen molar-refractivity contribution in [2.75, 3.05) is 0 Å². The van der Waals surface area contributed by atoms with Crippen molar-refractivity contribution in [1.29, 1.82) is 0 Å². The zero-order valence-corrected chi connectivity index (χ0v) is 11.9. The van der Waals surface area contributed by atoms with E-state index in [2.05, 4.69) is 0 Å². The van der Waals surface area contributed by atoms with Crippen LogP contribution in [0, 0.1) is 13.8 Å². The highest BCUT2D eigenvalue weighted by Gasteiger charge is 2.19. The number of aryl methyl sites for hydroxylation is 2. The molecule has 0 spiro atoms. The molecule has 2 aromatic rings. The van der Waals surface area contributed by atoms with E-state index in [9.17, 15) is 8.42 Å². The Labute approximate surface area is 111 Å². The highest BCUT2D eigenvalue weighted by molar-refractivity contribution is 8.72. The summed E-state index contributed by atoms with van der Waals surface area (Å²) in [6.45, 7) is 3.72. The van der Waals surface area contributed by atoms with Crippen LogP contribution in [0.1, 0.15) is 11.1 Å². The van der Waals surface area contributed by atoms with Gasteiger partial charge >= 0.3 is 0 Å². The quantitative estimate of drug-likeness (QED) is 0.801. The van der Waals surface area contributed by atoms with Gasteiger partial charge in [0.05, 0.1) is 4.90 Å². The fraction of sp³-hybridized carbons (Fsp3) is 0.143. The van der Waals surface area contributed by atoms with E-state index in [0.717, 1.165) is 26.8 Å². The molecule has 0 amide bonds. The molecule has 18 heavy (non-hydrogen) atoms. The van der Waals surface area contributed by atoms with Gasteiger partial charge in [-0.3, -0.25) is 0 Å². The van der Waals surface area contributed by atoms with E-state index in [1.54, 1.807) is 12.1 Å². The maximum Gasteiger partial charge on any atom is 0.234 e. The number of hydrogen-bond donors (Lipinski definition) is 0. The highest BCUT2D eigenvalue weighted by atomic mass is 33.1. The van der Waals surface area contributed by atoms with Crippen molar-refractivity contribution >= 4 is 19.7 Å². The predicted octanol–water partition coefficient (Wildman–Crippen LogP) is 3.78. The number of benzene rings is 2. The second-order valence-electron chi connectivity index (χ2n) is 4.07. The van der Waals surface area contributed by atoms with Gasteiger partial charge in [-0.05, 0) is 37.1 Å². The smallest absolute Gasteiger partial charge is 0.212 e. The van der Waals surface area contributed by atoms with Gasteiger partial charge in [-0.25, -0.2) is 8.42 Å². The molecule has 0 N–H and O–H groups in total. The van der Waals surface area contributed by atoms with Gasteiger partial charge in [-0.15, -0.1) is 0 Å². The van der Waals surface area contributed by atoms with Gasteiger partial charge in [0, 0.05) is 15.7 Å². The van der Waals surface area contributed by atoms with Crippen LogP contribution in [0.3, 0.4) is 0 Å². The zero-order chi connectivity index (χ0) is 13.2. The summed E-state index contributed by atoms with van der Waals surface area (Å²) < 4.78 is 24.7. The molecular formula is C14H14O2S2. The van der Waals surface area contributed by atoms with Crippen molar-refractivity contribution in [1.82, 2.24) is 0 Å². The molecule has 94 valence electrons. The molecule has 0 aliphatic heterocycles. The van der Waals surface area contributed by atoms with Crippen LogP contribution < -0.4 is 0 Å². The van der Waals surface area contributed by atoms with Crippen molar-refractivity contribution in [2.24, 2.45) is 0 Å². The summed E-state index contributed by atoms with van der Waals surface area (Å²) in [5.74, 6) is 0. The summed E-state index contributed by atoms with van der Waals surface area (Å²) in [5.41, 5.74) is 1.75. The lowest BCUT2D eigenvalue weighted by Crippen LogP contribution is -1.98. The minimum atomic E-state index is -3.35. The van der Waals surface area contributed by atoms with Gasteiger partial charge in [0.1, 0.15) is 0 Å². The van der Waals surface area contributed by atoms with Crippen LogP contribution in [0.2, 0.25) is 0 Å². The highest BCUT2D eigenvalue weighted by Crippen LogP contribution is 2.33. The van der Waals surface area contributed by atoms with Crippen molar-refractivity contribution in [2.45, 2.75) is 23.6 Å². The van der Waals surface area contributed by atoms with Gasteiger partial charge in [-0.1, -0.05) is 36.4 Å². The molecule has 0 radical (unpaired) electrons. The SMILES string of the molecule is Cc1ccccc1SS(=O)(=O)c1ccccc1C. The second-order valence-corrected chi connectivity index (χ2v) is 7.84. The van der Waals surface area contributed by atoms with Crippen molar-refractivity contribution in [3.05, 3.63) is 59.7 Å². The van der Waals surface area contributed by atoms with Gasteiger partial charge in [-0.2, -0.15) is 0 Å². The van der Waals surface area contributed by atoms with E-state index in [1.807, 2.05) is 50.2 Å². The lowest BCUT2D eigenvalue weighted by molar-refractivity contribution is 0.610. The van der Waals surface area contributed by atoms with Crippen molar-refractivity contribution in [3.8, 4) is 0 Å². The maximum atomic E-state index is 12.3. The summed E-state index contributed by atoms with van der Waals surface area (Å²) in [4.78, 5) is 1.17. The first kappa shape index (κ1) is 13.2. The predicted molar refractivity (Wildman–Crippen MR) is 75.4 cm³/mol. The summed E-state index contributed by atoms with van der Waals surface area (Å²) >= 11 is 0. The number of rotatable bonds is 3. The average molecular weight is 278 g/mol. The maximum absolute atomic E-state index is 12.3. The third-order valence-electron chi connectivity index (χ3n) is 2.66. The molecule has 2 nitrogen and oxygen atoms in total. The van der Waals surface area contributed by atoms with Crippen LogP contribution in [0.25, 0.3) is 0 Å². The average Bonchev–Trinajstić information content (AvgIpc) is 2.32. The molecule has 0 aromatic heterocycles. The summed E-state index contributed by atoms with van der Waals surface area (Å²) in [6, 6.07) is 14.5. The molecule has 0 heterocycles. The Kier molecular flexibility index (Phi) is 3.78. The standard InChI is InChI=1S/C14H14O2S2/c1-11-7-3-5-9-13(11)17-18(15,16)14-10-6-4-8-12(14)2/h3-10H,1-2H3. The van der Waals surface area contributed by atoms with Crippen molar-refractivity contribution in [3.63, 3.8) is 0 Å². The van der Waals surface area contributed by atoms with E-state index < -0.39 is 8.87 Å². The molecule has 0 atom stereocenters. The van der Waals surface area contributed by atoms with Crippen LogP contribution >= 0.6 is 10.8 Å².